The average molecular weight is 264 g/mol. The highest BCUT2D eigenvalue weighted by molar-refractivity contribution is 6.31. The maximum atomic E-state index is 13.6. The molecule has 0 unspecified atom stereocenters. The lowest BCUT2D eigenvalue weighted by molar-refractivity contribution is 0.629. The van der Waals surface area contributed by atoms with Crippen LogP contribution >= 0.6 is 11.6 Å². The fraction of sp³-hybridized carbons (Fsp3) is 0.200. The third-order valence-corrected chi connectivity index (χ3v) is 3.25. The third kappa shape index (κ3) is 3.02. The molecule has 94 valence electrons. The van der Waals surface area contributed by atoms with Crippen LogP contribution in [0, 0.1) is 19.7 Å². The van der Waals surface area contributed by atoms with Gasteiger partial charge in [0.1, 0.15) is 5.82 Å². The van der Waals surface area contributed by atoms with Crippen molar-refractivity contribution in [3.8, 4) is 0 Å². The Morgan fingerprint density at radius 2 is 1.89 bits per heavy atom. The smallest absolute Gasteiger partial charge is 0.146 e. The number of benzene rings is 2. The second kappa shape index (κ2) is 5.40. The number of aryl methyl sites for hydroxylation is 2. The molecule has 18 heavy (non-hydrogen) atoms. The molecule has 0 aromatic heterocycles. The molecule has 0 fully saturated rings. The maximum Gasteiger partial charge on any atom is 0.146 e. The summed E-state index contributed by atoms with van der Waals surface area (Å²) in [5, 5.41) is 3.80. The molecule has 0 saturated heterocycles. The normalized spacial score (nSPS) is 10.4. The maximum absolute atomic E-state index is 13.6. The predicted octanol–water partition coefficient (Wildman–Crippen LogP) is 4.71. The van der Waals surface area contributed by atoms with Crippen LogP contribution in [0.1, 0.15) is 16.7 Å². The minimum Gasteiger partial charge on any atom is -0.379 e. The number of nitrogens with one attached hydrogen (secondary N) is 1. The Morgan fingerprint density at radius 3 is 2.56 bits per heavy atom. The van der Waals surface area contributed by atoms with Gasteiger partial charge in [-0.05, 0) is 48.7 Å². The van der Waals surface area contributed by atoms with Crippen LogP contribution in [0.15, 0.2) is 36.4 Å². The van der Waals surface area contributed by atoms with Crippen LogP contribution in [0.2, 0.25) is 5.02 Å². The van der Waals surface area contributed by atoms with Gasteiger partial charge in [0.25, 0.3) is 0 Å². The molecule has 0 amide bonds. The van der Waals surface area contributed by atoms with E-state index in [9.17, 15) is 4.39 Å². The van der Waals surface area contributed by atoms with Crippen LogP contribution in [0.3, 0.4) is 0 Å². The Hall–Kier alpha value is -1.54. The highest BCUT2D eigenvalue weighted by Crippen LogP contribution is 2.19. The largest absolute Gasteiger partial charge is 0.379 e. The lowest BCUT2D eigenvalue weighted by Crippen LogP contribution is -2.01. The van der Waals surface area contributed by atoms with Crippen molar-refractivity contribution in [1.29, 1.82) is 0 Å². The summed E-state index contributed by atoms with van der Waals surface area (Å²) >= 11 is 6.05. The van der Waals surface area contributed by atoms with Crippen molar-refractivity contribution < 1.29 is 4.39 Å². The Balaban J connectivity index is 2.09. The number of halogens is 2. The van der Waals surface area contributed by atoms with E-state index in [0.29, 0.717) is 12.2 Å². The van der Waals surface area contributed by atoms with Gasteiger partial charge in [0, 0.05) is 11.6 Å². The van der Waals surface area contributed by atoms with Crippen molar-refractivity contribution in [2.45, 2.75) is 20.4 Å². The van der Waals surface area contributed by atoms with Crippen LogP contribution in [-0.4, -0.2) is 0 Å². The van der Waals surface area contributed by atoms with E-state index in [0.717, 1.165) is 21.7 Å². The summed E-state index contributed by atoms with van der Waals surface area (Å²) in [5.74, 6) is -0.229. The molecule has 0 bridgehead atoms. The molecule has 0 saturated carbocycles. The van der Waals surface area contributed by atoms with Crippen molar-refractivity contribution in [3.05, 3.63) is 63.9 Å². The molecule has 0 radical (unpaired) electrons. The van der Waals surface area contributed by atoms with Crippen molar-refractivity contribution in [2.24, 2.45) is 0 Å². The molecular formula is C15H15ClFN. The van der Waals surface area contributed by atoms with Gasteiger partial charge >= 0.3 is 0 Å². The summed E-state index contributed by atoms with van der Waals surface area (Å²) < 4.78 is 13.6. The molecule has 2 rings (SSSR count). The van der Waals surface area contributed by atoms with Gasteiger partial charge < -0.3 is 5.32 Å². The molecule has 0 atom stereocenters. The lowest BCUT2D eigenvalue weighted by Gasteiger charge is -2.09. The molecule has 2 aromatic rings. The first-order valence-corrected chi connectivity index (χ1v) is 6.19. The van der Waals surface area contributed by atoms with E-state index in [1.165, 1.54) is 6.07 Å². The summed E-state index contributed by atoms with van der Waals surface area (Å²) in [6, 6.07) is 11.0. The Morgan fingerprint density at radius 1 is 1.11 bits per heavy atom. The first-order chi connectivity index (χ1) is 8.56. The van der Waals surface area contributed by atoms with Crippen LogP contribution < -0.4 is 5.32 Å². The summed E-state index contributed by atoms with van der Waals surface area (Å²) in [4.78, 5) is 0. The minimum atomic E-state index is -0.229. The molecule has 3 heteroatoms. The van der Waals surface area contributed by atoms with E-state index >= 15 is 0 Å². The van der Waals surface area contributed by atoms with Crippen molar-refractivity contribution in [3.63, 3.8) is 0 Å². The molecule has 2 aromatic carbocycles. The van der Waals surface area contributed by atoms with Crippen LogP contribution in [0.25, 0.3) is 0 Å². The van der Waals surface area contributed by atoms with Crippen molar-refractivity contribution in [2.75, 3.05) is 5.32 Å². The van der Waals surface area contributed by atoms with Gasteiger partial charge in [-0.2, -0.15) is 0 Å². The highest BCUT2D eigenvalue weighted by Gasteiger charge is 2.02. The van der Waals surface area contributed by atoms with E-state index in [1.807, 2.05) is 38.1 Å². The van der Waals surface area contributed by atoms with E-state index < -0.39 is 0 Å². The van der Waals surface area contributed by atoms with Crippen molar-refractivity contribution in [1.82, 2.24) is 0 Å². The summed E-state index contributed by atoms with van der Waals surface area (Å²) in [6.07, 6.45) is 0. The monoisotopic (exact) mass is 263 g/mol. The fourth-order valence-corrected chi connectivity index (χ4v) is 1.91. The second-order valence-corrected chi connectivity index (χ2v) is 4.83. The molecule has 0 spiro atoms. The zero-order valence-corrected chi connectivity index (χ0v) is 11.2. The molecule has 0 aliphatic rings. The standard InChI is InChI=1S/C15H15ClFN/c1-10-3-6-15(14(17)7-10)18-9-12-5-4-11(2)13(16)8-12/h3-8,18H,9H2,1-2H3. The summed E-state index contributed by atoms with van der Waals surface area (Å²) in [7, 11) is 0. The predicted molar refractivity (Wildman–Crippen MR) is 74.7 cm³/mol. The number of anilines is 1. The van der Waals surface area contributed by atoms with Gasteiger partial charge in [-0.3, -0.25) is 0 Å². The van der Waals surface area contributed by atoms with Crippen LogP contribution in [-0.2, 0) is 6.54 Å². The second-order valence-electron chi connectivity index (χ2n) is 4.42. The highest BCUT2D eigenvalue weighted by atomic mass is 35.5. The van der Waals surface area contributed by atoms with Gasteiger partial charge in [0.05, 0.1) is 5.69 Å². The fourth-order valence-electron chi connectivity index (χ4n) is 1.71. The van der Waals surface area contributed by atoms with Gasteiger partial charge in [0.15, 0.2) is 0 Å². The zero-order chi connectivity index (χ0) is 13.1. The molecule has 1 nitrogen and oxygen atoms in total. The number of rotatable bonds is 3. The quantitative estimate of drug-likeness (QED) is 0.846. The Kier molecular flexibility index (Phi) is 3.87. The lowest BCUT2D eigenvalue weighted by atomic mass is 10.1. The van der Waals surface area contributed by atoms with Gasteiger partial charge in [0.2, 0.25) is 0 Å². The van der Waals surface area contributed by atoms with Gasteiger partial charge in [-0.15, -0.1) is 0 Å². The van der Waals surface area contributed by atoms with Crippen LogP contribution in [0.4, 0.5) is 10.1 Å². The SMILES string of the molecule is Cc1ccc(NCc2ccc(C)c(Cl)c2)c(F)c1. The third-order valence-electron chi connectivity index (χ3n) is 2.84. The summed E-state index contributed by atoms with van der Waals surface area (Å²) in [6.45, 7) is 4.38. The topological polar surface area (TPSA) is 12.0 Å². The first-order valence-electron chi connectivity index (χ1n) is 5.81. The molecule has 0 aliphatic carbocycles. The van der Waals surface area contributed by atoms with Gasteiger partial charge in [-0.1, -0.05) is 29.8 Å². The molecular weight excluding hydrogens is 249 g/mol. The number of hydrogen-bond acceptors (Lipinski definition) is 1. The van der Waals surface area contributed by atoms with Crippen molar-refractivity contribution >= 4 is 17.3 Å². The average Bonchev–Trinajstić information content (AvgIpc) is 2.32. The van der Waals surface area contributed by atoms with Crippen LogP contribution in [0.5, 0.6) is 0 Å². The summed E-state index contributed by atoms with van der Waals surface area (Å²) in [5.41, 5.74) is 3.50. The number of hydrogen-bond donors (Lipinski definition) is 1. The molecule has 0 aliphatic heterocycles. The first kappa shape index (κ1) is 12.9. The Labute approximate surface area is 112 Å². The van der Waals surface area contributed by atoms with E-state index in [2.05, 4.69) is 5.32 Å². The van der Waals surface area contributed by atoms with E-state index in [1.54, 1.807) is 6.07 Å². The molecule has 0 heterocycles. The van der Waals surface area contributed by atoms with E-state index in [-0.39, 0.29) is 5.82 Å². The van der Waals surface area contributed by atoms with Gasteiger partial charge in [-0.25, -0.2) is 4.39 Å². The molecule has 1 N–H and O–H groups in total. The Bertz CT molecular complexity index is 566. The van der Waals surface area contributed by atoms with E-state index in [4.69, 9.17) is 11.6 Å². The zero-order valence-electron chi connectivity index (χ0n) is 10.4. The minimum absolute atomic E-state index is 0.229.